The highest BCUT2D eigenvalue weighted by Gasteiger charge is 2.28. The summed E-state index contributed by atoms with van der Waals surface area (Å²) in [6.07, 6.45) is 3.15. The minimum atomic E-state index is -0.302. The number of fused-ring (bicyclic) bond motifs is 5. The largest absolute Gasteiger partial charge is 0.372 e. The third-order valence-electron chi connectivity index (χ3n) is 6.20. The summed E-state index contributed by atoms with van der Waals surface area (Å²) in [5.74, 6) is 1.17. The van der Waals surface area contributed by atoms with Crippen molar-refractivity contribution in [2.75, 3.05) is 13.1 Å². The molecule has 1 saturated heterocycles. The number of carbonyl (C=O) groups excluding carboxylic acids is 1. The maximum Gasteiger partial charge on any atom is 0.352 e. The SMILES string of the molecule is Cc1nc2sc3c(c2c2nn(CC(=O)N4C[C@H](C)O[C@@H](C)C4)c(=O)n12)CC[C@@H](C)C3. The van der Waals surface area contributed by atoms with Crippen LogP contribution in [0.4, 0.5) is 0 Å². The van der Waals surface area contributed by atoms with Gasteiger partial charge in [-0.05, 0) is 51.5 Å². The zero-order chi connectivity index (χ0) is 21.2. The van der Waals surface area contributed by atoms with Crippen molar-refractivity contribution in [1.82, 2.24) is 24.1 Å². The molecule has 8 nitrogen and oxygen atoms in total. The summed E-state index contributed by atoms with van der Waals surface area (Å²) in [6, 6.07) is 0. The number of aryl methyl sites for hydroxylation is 2. The Labute approximate surface area is 178 Å². The highest BCUT2D eigenvalue weighted by atomic mass is 32.1. The van der Waals surface area contributed by atoms with Crippen molar-refractivity contribution < 1.29 is 9.53 Å². The zero-order valence-electron chi connectivity index (χ0n) is 17.8. The molecule has 160 valence electrons. The Kier molecular flexibility index (Phi) is 4.70. The Morgan fingerprint density at radius 3 is 2.70 bits per heavy atom. The van der Waals surface area contributed by atoms with E-state index in [2.05, 4.69) is 12.0 Å². The molecule has 3 atom stereocenters. The van der Waals surface area contributed by atoms with Gasteiger partial charge >= 0.3 is 5.69 Å². The van der Waals surface area contributed by atoms with E-state index in [0.717, 1.165) is 29.5 Å². The second-order valence-electron chi connectivity index (χ2n) is 8.85. The molecule has 2 aliphatic rings. The Balaban J connectivity index is 1.56. The Morgan fingerprint density at radius 2 is 1.97 bits per heavy atom. The van der Waals surface area contributed by atoms with Crippen LogP contribution in [0, 0.1) is 12.8 Å². The number of amides is 1. The number of morpholine rings is 1. The van der Waals surface area contributed by atoms with E-state index in [4.69, 9.17) is 9.72 Å². The van der Waals surface area contributed by atoms with Gasteiger partial charge < -0.3 is 9.64 Å². The van der Waals surface area contributed by atoms with Crippen LogP contribution in [0.2, 0.25) is 0 Å². The first-order valence-electron chi connectivity index (χ1n) is 10.7. The fourth-order valence-electron chi connectivity index (χ4n) is 4.82. The smallest absolute Gasteiger partial charge is 0.352 e. The number of nitrogens with zero attached hydrogens (tertiary/aromatic N) is 5. The molecule has 0 aromatic carbocycles. The fourth-order valence-corrected chi connectivity index (χ4v) is 6.24. The first-order chi connectivity index (χ1) is 14.3. The van der Waals surface area contributed by atoms with Gasteiger partial charge in [0.25, 0.3) is 0 Å². The van der Waals surface area contributed by atoms with Crippen molar-refractivity contribution in [2.45, 2.75) is 65.7 Å². The monoisotopic (exact) mass is 429 g/mol. The van der Waals surface area contributed by atoms with Gasteiger partial charge in [-0.15, -0.1) is 16.4 Å². The van der Waals surface area contributed by atoms with Crippen molar-refractivity contribution >= 4 is 33.1 Å². The van der Waals surface area contributed by atoms with E-state index in [9.17, 15) is 9.59 Å². The summed E-state index contributed by atoms with van der Waals surface area (Å²) in [5.41, 5.74) is 1.61. The molecule has 30 heavy (non-hydrogen) atoms. The third-order valence-corrected chi connectivity index (χ3v) is 7.35. The van der Waals surface area contributed by atoms with Gasteiger partial charge in [-0.3, -0.25) is 4.79 Å². The molecule has 0 spiro atoms. The van der Waals surface area contributed by atoms with Crippen LogP contribution >= 0.6 is 11.3 Å². The summed E-state index contributed by atoms with van der Waals surface area (Å²) in [7, 11) is 0. The second-order valence-corrected chi connectivity index (χ2v) is 9.93. The molecular weight excluding hydrogens is 402 g/mol. The topological polar surface area (TPSA) is 81.7 Å². The quantitative estimate of drug-likeness (QED) is 0.624. The molecule has 1 aliphatic heterocycles. The van der Waals surface area contributed by atoms with Crippen LogP contribution in [0.3, 0.4) is 0 Å². The van der Waals surface area contributed by atoms with Crippen LogP contribution in [0.25, 0.3) is 15.9 Å². The van der Waals surface area contributed by atoms with E-state index >= 15 is 0 Å². The first-order valence-corrected chi connectivity index (χ1v) is 11.5. The summed E-state index contributed by atoms with van der Waals surface area (Å²) >= 11 is 1.72. The van der Waals surface area contributed by atoms with Crippen LogP contribution in [-0.4, -0.2) is 55.3 Å². The van der Waals surface area contributed by atoms with Crippen LogP contribution in [0.15, 0.2) is 4.79 Å². The van der Waals surface area contributed by atoms with E-state index < -0.39 is 0 Å². The molecular formula is C21H27N5O3S. The third kappa shape index (κ3) is 3.15. The van der Waals surface area contributed by atoms with Crippen molar-refractivity contribution in [3.8, 4) is 0 Å². The number of rotatable bonds is 2. The maximum atomic E-state index is 13.1. The number of hydrogen-bond donors (Lipinski definition) is 0. The summed E-state index contributed by atoms with van der Waals surface area (Å²) in [6.45, 7) is 9.02. The lowest BCUT2D eigenvalue weighted by atomic mass is 9.89. The Hall–Kier alpha value is -2.26. The van der Waals surface area contributed by atoms with E-state index in [0.29, 0.717) is 30.5 Å². The van der Waals surface area contributed by atoms with Gasteiger partial charge in [0.2, 0.25) is 5.91 Å². The van der Waals surface area contributed by atoms with E-state index in [1.807, 2.05) is 20.8 Å². The van der Waals surface area contributed by atoms with Gasteiger partial charge in [0.15, 0.2) is 5.65 Å². The fraction of sp³-hybridized carbons (Fsp3) is 0.619. The normalized spacial score (nSPS) is 24.5. The average Bonchev–Trinajstić information content (AvgIpc) is 3.18. The number of carbonyl (C=O) groups is 1. The lowest BCUT2D eigenvalue weighted by Crippen LogP contribution is -2.49. The summed E-state index contributed by atoms with van der Waals surface area (Å²) in [5, 5.41) is 5.62. The van der Waals surface area contributed by atoms with Crippen LogP contribution < -0.4 is 5.69 Å². The molecule has 0 N–H and O–H groups in total. The molecule has 0 saturated carbocycles. The molecule has 9 heteroatoms. The molecule has 3 aromatic rings. The maximum absolute atomic E-state index is 13.1. The van der Waals surface area contributed by atoms with Gasteiger partial charge in [0.1, 0.15) is 17.2 Å². The van der Waals surface area contributed by atoms with Crippen LogP contribution in [-0.2, 0) is 28.9 Å². The Morgan fingerprint density at radius 1 is 1.23 bits per heavy atom. The lowest BCUT2D eigenvalue weighted by Gasteiger charge is -2.35. The van der Waals surface area contributed by atoms with Gasteiger partial charge in [0, 0.05) is 18.0 Å². The summed E-state index contributed by atoms with van der Waals surface area (Å²) in [4.78, 5) is 34.8. The van der Waals surface area contributed by atoms with E-state index in [1.54, 1.807) is 20.6 Å². The van der Waals surface area contributed by atoms with E-state index in [1.165, 1.54) is 15.1 Å². The Bertz CT molecular complexity index is 1200. The minimum absolute atomic E-state index is 0.0127. The van der Waals surface area contributed by atoms with Crippen molar-refractivity contribution in [1.29, 1.82) is 0 Å². The van der Waals surface area contributed by atoms with E-state index in [-0.39, 0.29) is 30.3 Å². The molecule has 3 aromatic heterocycles. The molecule has 0 radical (unpaired) electrons. The molecule has 0 unspecified atom stereocenters. The predicted octanol–water partition coefficient (Wildman–Crippen LogP) is 2.17. The molecule has 0 bridgehead atoms. The minimum Gasteiger partial charge on any atom is -0.372 e. The number of thiophene rings is 1. The molecule has 4 heterocycles. The number of ether oxygens (including phenoxy) is 1. The van der Waals surface area contributed by atoms with Gasteiger partial charge in [-0.2, -0.15) is 0 Å². The highest BCUT2D eigenvalue weighted by Crippen LogP contribution is 2.38. The first kappa shape index (κ1) is 19.7. The van der Waals surface area contributed by atoms with Crippen molar-refractivity contribution in [3.63, 3.8) is 0 Å². The summed E-state index contributed by atoms with van der Waals surface area (Å²) < 4.78 is 8.57. The molecule has 5 rings (SSSR count). The van der Waals surface area contributed by atoms with Crippen molar-refractivity contribution in [3.05, 3.63) is 26.7 Å². The van der Waals surface area contributed by atoms with Gasteiger partial charge in [0.05, 0.1) is 17.6 Å². The number of aromatic nitrogens is 4. The van der Waals surface area contributed by atoms with Crippen molar-refractivity contribution in [2.24, 2.45) is 5.92 Å². The average molecular weight is 430 g/mol. The van der Waals surface area contributed by atoms with Crippen LogP contribution in [0.1, 0.15) is 43.5 Å². The predicted molar refractivity (Wildman–Crippen MR) is 115 cm³/mol. The standard InChI is InChI=1S/C21H27N5O3S/c1-11-5-6-15-16(7-11)30-20-18(15)19-23-25(21(28)26(19)14(4)22-20)10-17(27)24-8-12(2)29-13(3)9-24/h11-13H,5-10H2,1-4H3/t11-,12+,13+/m1/s1. The second kappa shape index (κ2) is 7.16. The number of hydrogen-bond acceptors (Lipinski definition) is 6. The molecule has 1 fully saturated rings. The van der Waals surface area contributed by atoms with Gasteiger partial charge in [-0.25, -0.2) is 18.9 Å². The lowest BCUT2D eigenvalue weighted by molar-refractivity contribution is -0.144. The molecule has 1 aliphatic carbocycles. The zero-order valence-corrected chi connectivity index (χ0v) is 18.7. The van der Waals surface area contributed by atoms with Crippen LogP contribution in [0.5, 0.6) is 0 Å². The van der Waals surface area contributed by atoms with Gasteiger partial charge in [-0.1, -0.05) is 6.92 Å². The highest BCUT2D eigenvalue weighted by molar-refractivity contribution is 7.19. The molecule has 1 amide bonds.